The number of aliphatic hydroxyl groups excluding tert-OH is 1. The van der Waals surface area contributed by atoms with Gasteiger partial charge < -0.3 is 14.7 Å². The van der Waals surface area contributed by atoms with Crippen LogP contribution in [0.4, 0.5) is 5.69 Å². The van der Waals surface area contributed by atoms with E-state index in [4.69, 9.17) is 4.74 Å². The summed E-state index contributed by atoms with van der Waals surface area (Å²) in [7, 11) is 3.62. The summed E-state index contributed by atoms with van der Waals surface area (Å²) in [5.74, 6) is 0.739. The predicted molar refractivity (Wildman–Crippen MR) is 62.6 cm³/mol. The lowest BCUT2D eigenvalue weighted by Gasteiger charge is -2.23. The minimum Gasteiger partial charge on any atom is -0.496 e. The number of ether oxygens (including phenoxy) is 1. The van der Waals surface area contributed by atoms with Crippen LogP contribution in [-0.4, -0.2) is 25.8 Å². The smallest absolute Gasteiger partial charge is 0.126 e. The normalized spacial score (nSPS) is 12.3. The first-order chi connectivity index (χ1) is 7.11. The van der Waals surface area contributed by atoms with Gasteiger partial charge in [0.1, 0.15) is 5.75 Å². The molecular weight excluding hydrogens is 190 g/mol. The van der Waals surface area contributed by atoms with Crippen molar-refractivity contribution in [2.24, 2.45) is 0 Å². The first-order valence-corrected chi connectivity index (χ1v) is 5.17. The van der Waals surface area contributed by atoms with Crippen LogP contribution in [0.5, 0.6) is 5.75 Å². The first kappa shape index (κ1) is 11.9. The highest BCUT2D eigenvalue weighted by Crippen LogP contribution is 2.33. The molecule has 0 amide bonds. The van der Waals surface area contributed by atoms with Gasteiger partial charge in [0.25, 0.3) is 0 Å². The summed E-state index contributed by atoms with van der Waals surface area (Å²) in [4.78, 5) is 2.09. The van der Waals surface area contributed by atoms with Gasteiger partial charge in [0.05, 0.1) is 13.2 Å². The molecule has 0 aliphatic rings. The molecule has 0 saturated carbocycles. The van der Waals surface area contributed by atoms with Gasteiger partial charge in [-0.1, -0.05) is 6.07 Å². The number of benzene rings is 1. The molecule has 84 valence electrons. The SMILES string of the molecule is CCN(C)c1cccc(OC)c1[C@@H](C)O. The zero-order chi connectivity index (χ0) is 11.4. The molecule has 0 radical (unpaired) electrons. The summed E-state index contributed by atoms with van der Waals surface area (Å²) < 4.78 is 5.26. The van der Waals surface area contributed by atoms with Gasteiger partial charge >= 0.3 is 0 Å². The van der Waals surface area contributed by atoms with E-state index in [1.165, 1.54) is 0 Å². The van der Waals surface area contributed by atoms with Crippen molar-refractivity contribution in [2.75, 3.05) is 25.6 Å². The molecule has 0 fully saturated rings. The Bertz CT molecular complexity index is 323. The van der Waals surface area contributed by atoms with E-state index in [1.54, 1.807) is 14.0 Å². The van der Waals surface area contributed by atoms with Gasteiger partial charge in [-0.05, 0) is 26.0 Å². The minimum absolute atomic E-state index is 0.523. The van der Waals surface area contributed by atoms with E-state index in [0.29, 0.717) is 0 Å². The van der Waals surface area contributed by atoms with Gasteiger partial charge in [0.2, 0.25) is 0 Å². The molecule has 0 saturated heterocycles. The lowest BCUT2D eigenvalue weighted by Crippen LogP contribution is -2.18. The van der Waals surface area contributed by atoms with Crippen molar-refractivity contribution in [3.05, 3.63) is 23.8 Å². The molecule has 1 aromatic rings. The third kappa shape index (κ3) is 2.42. The van der Waals surface area contributed by atoms with Gasteiger partial charge in [-0.25, -0.2) is 0 Å². The summed E-state index contributed by atoms with van der Waals surface area (Å²) in [6.07, 6.45) is -0.523. The van der Waals surface area contributed by atoms with E-state index in [0.717, 1.165) is 23.5 Å². The largest absolute Gasteiger partial charge is 0.496 e. The van der Waals surface area contributed by atoms with Gasteiger partial charge in [-0.2, -0.15) is 0 Å². The molecule has 0 bridgehead atoms. The van der Waals surface area contributed by atoms with Crippen molar-refractivity contribution in [1.29, 1.82) is 0 Å². The fraction of sp³-hybridized carbons (Fsp3) is 0.500. The molecule has 3 heteroatoms. The molecule has 0 aromatic heterocycles. The van der Waals surface area contributed by atoms with Crippen LogP contribution in [0.1, 0.15) is 25.5 Å². The molecule has 0 heterocycles. The van der Waals surface area contributed by atoms with Crippen molar-refractivity contribution in [1.82, 2.24) is 0 Å². The van der Waals surface area contributed by atoms with Crippen LogP contribution >= 0.6 is 0 Å². The summed E-state index contributed by atoms with van der Waals surface area (Å²) >= 11 is 0. The average Bonchev–Trinajstić information content (AvgIpc) is 2.26. The van der Waals surface area contributed by atoms with Crippen LogP contribution in [0.3, 0.4) is 0 Å². The Balaban J connectivity index is 3.25. The standard InChI is InChI=1S/C12H19NO2/c1-5-13(3)10-7-6-8-11(15-4)12(10)9(2)14/h6-9,14H,5H2,1-4H3/t9-/m1/s1. The third-order valence-corrected chi connectivity index (χ3v) is 2.57. The quantitative estimate of drug-likeness (QED) is 0.825. The van der Waals surface area contributed by atoms with E-state index < -0.39 is 6.10 Å². The van der Waals surface area contributed by atoms with Crippen LogP contribution in [0, 0.1) is 0 Å². The molecule has 1 N–H and O–H groups in total. The minimum atomic E-state index is -0.523. The van der Waals surface area contributed by atoms with Crippen LogP contribution in [-0.2, 0) is 0 Å². The highest BCUT2D eigenvalue weighted by atomic mass is 16.5. The average molecular weight is 209 g/mol. The number of aliphatic hydroxyl groups is 1. The van der Waals surface area contributed by atoms with Crippen molar-refractivity contribution < 1.29 is 9.84 Å². The molecular formula is C12H19NO2. The number of hydrogen-bond donors (Lipinski definition) is 1. The molecule has 0 spiro atoms. The van der Waals surface area contributed by atoms with E-state index in [2.05, 4.69) is 11.8 Å². The second kappa shape index (κ2) is 5.03. The monoisotopic (exact) mass is 209 g/mol. The molecule has 1 aromatic carbocycles. The first-order valence-electron chi connectivity index (χ1n) is 5.17. The summed E-state index contributed by atoms with van der Waals surface area (Å²) in [5.41, 5.74) is 1.87. The Morgan fingerprint density at radius 1 is 1.47 bits per heavy atom. The van der Waals surface area contributed by atoms with Crippen LogP contribution < -0.4 is 9.64 Å². The van der Waals surface area contributed by atoms with E-state index >= 15 is 0 Å². The van der Waals surface area contributed by atoms with Crippen molar-refractivity contribution in [3.63, 3.8) is 0 Å². The van der Waals surface area contributed by atoms with Gasteiger partial charge in [0.15, 0.2) is 0 Å². The van der Waals surface area contributed by atoms with E-state index in [1.807, 2.05) is 25.2 Å². The zero-order valence-corrected chi connectivity index (χ0v) is 9.82. The lowest BCUT2D eigenvalue weighted by atomic mass is 10.1. The van der Waals surface area contributed by atoms with Crippen molar-refractivity contribution in [2.45, 2.75) is 20.0 Å². The Hall–Kier alpha value is -1.22. The maximum Gasteiger partial charge on any atom is 0.126 e. The molecule has 0 aliphatic heterocycles. The third-order valence-electron chi connectivity index (χ3n) is 2.57. The van der Waals surface area contributed by atoms with E-state index in [9.17, 15) is 5.11 Å². The van der Waals surface area contributed by atoms with Crippen LogP contribution in [0.25, 0.3) is 0 Å². The highest BCUT2D eigenvalue weighted by molar-refractivity contribution is 5.59. The number of nitrogens with zero attached hydrogens (tertiary/aromatic N) is 1. The Labute approximate surface area is 91.3 Å². The number of anilines is 1. The lowest BCUT2D eigenvalue weighted by molar-refractivity contribution is 0.194. The second-order valence-corrected chi connectivity index (χ2v) is 3.58. The van der Waals surface area contributed by atoms with Gasteiger partial charge in [-0.15, -0.1) is 0 Å². The molecule has 3 nitrogen and oxygen atoms in total. The maximum atomic E-state index is 9.75. The van der Waals surface area contributed by atoms with Gasteiger partial charge in [-0.3, -0.25) is 0 Å². The highest BCUT2D eigenvalue weighted by Gasteiger charge is 2.15. The zero-order valence-electron chi connectivity index (χ0n) is 9.82. The van der Waals surface area contributed by atoms with Crippen molar-refractivity contribution >= 4 is 5.69 Å². The molecule has 0 unspecified atom stereocenters. The Kier molecular flexibility index (Phi) is 3.97. The van der Waals surface area contributed by atoms with E-state index in [-0.39, 0.29) is 0 Å². The van der Waals surface area contributed by atoms with Crippen LogP contribution in [0.15, 0.2) is 18.2 Å². The molecule has 0 aliphatic carbocycles. The summed E-state index contributed by atoms with van der Waals surface area (Å²) in [6.45, 7) is 4.73. The Morgan fingerprint density at radius 2 is 2.13 bits per heavy atom. The predicted octanol–water partition coefficient (Wildman–Crippen LogP) is 2.20. The Morgan fingerprint density at radius 3 is 2.60 bits per heavy atom. The number of hydrogen-bond acceptors (Lipinski definition) is 3. The van der Waals surface area contributed by atoms with Crippen LogP contribution in [0.2, 0.25) is 0 Å². The molecule has 1 rings (SSSR count). The topological polar surface area (TPSA) is 32.7 Å². The second-order valence-electron chi connectivity index (χ2n) is 3.58. The van der Waals surface area contributed by atoms with Crippen molar-refractivity contribution in [3.8, 4) is 5.75 Å². The number of methoxy groups -OCH3 is 1. The maximum absolute atomic E-state index is 9.75. The molecule has 1 atom stereocenters. The molecule has 15 heavy (non-hydrogen) atoms. The summed E-state index contributed by atoms with van der Waals surface area (Å²) in [5, 5.41) is 9.75. The van der Waals surface area contributed by atoms with Gasteiger partial charge in [0, 0.05) is 24.8 Å². The number of rotatable bonds is 4. The fourth-order valence-corrected chi connectivity index (χ4v) is 1.63. The summed E-state index contributed by atoms with van der Waals surface area (Å²) in [6, 6.07) is 5.80. The fourth-order valence-electron chi connectivity index (χ4n) is 1.63.